The highest BCUT2D eigenvalue weighted by Crippen LogP contribution is 2.41. The molecule has 0 saturated carbocycles. The molecule has 0 aliphatic carbocycles. The van der Waals surface area contributed by atoms with Crippen molar-refractivity contribution in [2.24, 2.45) is 0 Å². The second kappa shape index (κ2) is 7.26. The number of ether oxygens (including phenoxy) is 1. The van der Waals surface area contributed by atoms with Crippen molar-refractivity contribution in [1.82, 2.24) is 4.90 Å². The summed E-state index contributed by atoms with van der Waals surface area (Å²) in [6.07, 6.45) is 0.470. The molecule has 23 heavy (non-hydrogen) atoms. The van der Waals surface area contributed by atoms with Crippen LogP contribution in [0.15, 0.2) is 48.5 Å². The lowest BCUT2D eigenvalue weighted by Crippen LogP contribution is -2.32. The van der Waals surface area contributed by atoms with E-state index in [1.807, 2.05) is 37.2 Å². The zero-order valence-electron chi connectivity index (χ0n) is 13.7. The van der Waals surface area contributed by atoms with Crippen LogP contribution in [0.25, 0.3) is 0 Å². The number of nitrogens with zero attached hydrogens (tertiary/aromatic N) is 2. The zero-order chi connectivity index (χ0) is 16.9. The number of benzene rings is 2. The molecule has 2 aromatic rings. The van der Waals surface area contributed by atoms with E-state index in [1.54, 1.807) is 31.4 Å². The van der Waals surface area contributed by atoms with Gasteiger partial charge in [0.05, 0.1) is 13.2 Å². The first kappa shape index (κ1) is 17.0. The number of hydrogen-bond donors (Lipinski definition) is 0. The van der Waals surface area contributed by atoms with Crippen LogP contribution >= 0.6 is 0 Å². The molecule has 0 aliphatic heterocycles. The lowest BCUT2D eigenvalue weighted by atomic mass is 9.72. The van der Waals surface area contributed by atoms with Crippen LogP contribution in [0.5, 0.6) is 5.75 Å². The monoisotopic (exact) mass is 312 g/mol. The number of nitriles is 1. The topological polar surface area (TPSA) is 36.3 Å². The summed E-state index contributed by atoms with van der Waals surface area (Å²) < 4.78 is 19.9. The predicted molar refractivity (Wildman–Crippen MR) is 89.0 cm³/mol. The van der Waals surface area contributed by atoms with Crippen LogP contribution in [-0.4, -0.2) is 32.6 Å². The van der Waals surface area contributed by atoms with E-state index in [2.05, 4.69) is 6.07 Å². The van der Waals surface area contributed by atoms with Crippen molar-refractivity contribution in [3.8, 4) is 11.8 Å². The number of methoxy groups -OCH3 is 1. The first-order valence-electron chi connectivity index (χ1n) is 7.49. The van der Waals surface area contributed by atoms with E-state index in [-0.39, 0.29) is 5.82 Å². The van der Waals surface area contributed by atoms with Crippen molar-refractivity contribution in [2.75, 3.05) is 27.7 Å². The molecule has 0 amide bonds. The number of rotatable bonds is 6. The minimum Gasteiger partial charge on any atom is -0.496 e. The first-order valence-corrected chi connectivity index (χ1v) is 7.49. The minimum absolute atomic E-state index is 0.376. The molecule has 0 aromatic heterocycles. The van der Waals surface area contributed by atoms with E-state index in [0.717, 1.165) is 0 Å². The quantitative estimate of drug-likeness (QED) is 0.818. The van der Waals surface area contributed by atoms with Gasteiger partial charge in [-0.15, -0.1) is 0 Å². The maximum Gasteiger partial charge on any atom is 0.128 e. The van der Waals surface area contributed by atoms with Gasteiger partial charge in [0.1, 0.15) is 17.0 Å². The molecule has 0 aliphatic rings. The molecule has 0 heterocycles. The van der Waals surface area contributed by atoms with Crippen LogP contribution in [0.3, 0.4) is 0 Å². The highest BCUT2D eigenvalue weighted by molar-refractivity contribution is 5.52. The van der Waals surface area contributed by atoms with Crippen molar-refractivity contribution in [3.63, 3.8) is 0 Å². The van der Waals surface area contributed by atoms with E-state index in [9.17, 15) is 9.65 Å². The molecule has 0 saturated heterocycles. The Kier molecular flexibility index (Phi) is 5.36. The summed E-state index contributed by atoms with van der Waals surface area (Å²) in [5.74, 6) is 0.217. The smallest absolute Gasteiger partial charge is 0.128 e. The van der Waals surface area contributed by atoms with Crippen LogP contribution in [0.2, 0.25) is 0 Å². The van der Waals surface area contributed by atoms with E-state index in [1.165, 1.54) is 6.07 Å². The molecular weight excluding hydrogens is 291 g/mol. The fourth-order valence-corrected chi connectivity index (χ4v) is 2.79. The van der Waals surface area contributed by atoms with Gasteiger partial charge in [-0.25, -0.2) is 4.39 Å². The van der Waals surface area contributed by atoms with Gasteiger partial charge >= 0.3 is 0 Å². The van der Waals surface area contributed by atoms with Gasteiger partial charge in [0.2, 0.25) is 0 Å². The normalized spacial score (nSPS) is 13.4. The molecule has 1 atom stereocenters. The fraction of sp³-hybridized carbons (Fsp3) is 0.316. The Hall–Kier alpha value is -2.38. The molecule has 0 spiro atoms. The van der Waals surface area contributed by atoms with E-state index in [0.29, 0.717) is 29.8 Å². The first-order chi connectivity index (χ1) is 11.0. The van der Waals surface area contributed by atoms with E-state index >= 15 is 0 Å². The van der Waals surface area contributed by atoms with Crippen LogP contribution in [0.4, 0.5) is 4.39 Å². The van der Waals surface area contributed by atoms with Crippen molar-refractivity contribution in [1.29, 1.82) is 5.26 Å². The summed E-state index contributed by atoms with van der Waals surface area (Å²) in [5.41, 5.74) is -0.0202. The Morgan fingerprint density at radius 3 is 2.26 bits per heavy atom. The van der Waals surface area contributed by atoms with Gasteiger partial charge in [-0.3, -0.25) is 0 Å². The third-order valence-electron chi connectivity index (χ3n) is 4.03. The van der Waals surface area contributed by atoms with Gasteiger partial charge in [0, 0.05) is 11.1 Å². The fourth-order valence-electron chi connectivity index (χ4n) is 2.79. The highest BCUT2D eigenvalue weighted by Gasteiger charge is 2.38. The van der Waals surface area contributed by atoms with Crippen molar-refractivity contribution < 1.29 is 9.13 Å². The Bertz CT molecular complexity index is 709. The maximum absolute atomic E-state index is 14.5. The summed E-state index contributed by atoms with van der Waals surface area (Å²) >= 11 is 0. The molecule has 0 fully saturated rings. The lowest BCUT2D eigenvalue weighted by Gasteiger charge is -2.30. The van der Waals surface area contributed by atoms with E-state index in [4.69, 9.17) is 4.74 Å². The van der Waals surface area contributed by atoms with Crippen molar-refractivity contribution >= 4 is 0 Å². The van der Waals surface area contributed by atoms with Crippen LogP contribution in [0.1, 0.15) is 17.5 Å². The highest BCUT2D eigenvalue weighted by atomic mass is 19.1. The number of halogens is 1. The molecule has 0 N–H and O–H groups in total. The second-order valence-corrected chi connectivity index (χ2v) is 5.75. The minimum atomic E-state index is -1.10. The largest absolute Gasteiger partial charge is 0.496 e. The molecule has 3 nitrogen and oxygen atoms in total. The van der Waals surface area contributed by atoms with Crippen LogP contribution < -0.4 is 4.74 Å². The molecular formula is C19H21FN2O. The molecule has 1 unspecified atom stereocenters. The van der Waals surface area contributed by atoms with Crippen LogP contribution in [0, 0.1) is 17.1 Å². The Morgan fingerprint density at radius 2 is 1.70 bits per heavy atom. The van der Waals surface area contributed by atoms with Crippen molar-refractivity contribution in [3.05, 3.63) is 65.5 Å². The van der Waals surface area contributed by atoms with Gasteiger partial charge in [-0.2, -0.15) is 5.26 Å². The van der Waals surface area contributed by atoms with Gasteiger partial charge in [0.25, 0.3) is 0 Å². The number of hydrogen-bond acceptors (Lipinski definition) is 3. The van der Waals surface area contributed by atoms with Gasteiger partial charge in [0.15, 0.2) is 0 Å². The summed E-state index contributed by atoms with van der Waals surface area (Å²) in [5, 5.41) is 10.0. The SMILES string of the molecule is COc1ccccc1C(C#N)(CCN(C)C)c1ccccc1F. The average molecular weight is 312 g/mol. The summed E-state index contributed by atoms with van der Waals surface area (Å²) in [6.45, 7) is 0.653. The Labute approximate surface area is 136 Å². The predicted octanol–water partition coefficient (Wildman–Crippen LogP) is 3.60. The van der Waals surface area contributed by atoms with E-state index < -0.39 is 5.41 Å². The average Bonchev–Trinajstić information content (AvgIpc) is 2.57. The molecule has 0 radical (unpaired) electrons. The summed E-state index contributed by atoms with van der Waals surface area (Å²) in [4.78, 5) is 1.99. The number of para-hydroxylation sites is 1. The van der Waals surface area contributed by atoms with Gasteiger partial charge in [-0.1, -0.05) is 36.4 Å². The molecule has 2 rings (SSSR count). The van der Waals surface area contributed by atoms with Crippen LogP contribution in [-0.2, 0) is 5.41 Å². The summed E-state index contributed by atoms with van der Waals surface area (Å²) in [7, 11) is 5.44. The maximum atomic E-state index is 14.5. The summed E-state index contributed by atoms with van der Waals surface area (Å²) in [6, 6.07) is 16.2. The van der Waals surface area contributed by atoms with Gasteiger partial charge < -0.3 is 9.64 Å². The second-order valence-electron chi connectivity index (χ2n) is 5.75. The Morgan fingerprint density at radius 1 is 1.09 bits per heavy atom. The van der Waals surface area contributed by atoms with Crippen molar-refractivity contribution in [2.45, 2.75) is 11.8 Å². The lowest BCUT2D eigenvalue weighted by molar-refractivity contribution is 0.356. The standard InChI is InChI=1S/C19H21FN2O/c1-22(2)13-12-19(14-21,15-8-4-6-10-17(15)20)16-9-5-7-11-18(16)23-3/h4-11H,12-13H2,1-3H3. The molecule has 2 aromatic carbocycles. The van der Waals surface area contributed by atoms with Gasteiger partial charge in [-0.05, 0) is 39.2 Å². The Balaban J connectivity index is 2.69. The third kappa shape index (κ3) is 3.35. The zero-order valence-corrected chi connectivity index (χ0v) is 13.7. The molecule has 0 bridgehead atoms. The molecule has 120 valence electrons. The molecule has 4 heteroatoms. The third-order valence-corrected chi connectivity index (χ3v) is 4.03.